The summed E-state index contributed by atoms with van der Waals surface area (Å²) in [5.41, 5.74) is -0.273. The van der Waals surface area contributed by atoms with Crippen molar-refractivity contribution in [1.29, 1.82) is 0 Å². The fourth-order valence-corrected chi connectivity index (χ4v) is 4.68. The summed E-state index contributed by atoms with van der Waals surface area (Å²) in [6, 6.07) is 10.6. The molecule has 1 aliphatic heterocycles. The van der Waals surface area contributed by atoms with Gasteiger partial charge in [0.05, 0.1) is 10.5 Å². The lowest BCUT2D eigenvalue weighted by Crippen LogP contribution is -2.50. The molecule has 0 aliphatic carbocycles. The molecular weight excluding hydrogens is 441 g/mol. The van der Waals surface area contributed by atoms with Crippen LogP contribution in [0.25, 0.3) is 6.08 Å². The second-order valence-electron chi connectivity index (χ2n) is 6.64. The van der Waals surface area contributed by atoms with Gasteiger partial charge in [-0.15, -0.1) is 0 Å². The maximum absolute atomic E-state index is 12.9. The lowest BCUT2D eigenvalue weighted by molar-refractivity contribution is -0.137. The summed E-state index contributed by atoms with van der Waals surface area (Å²) in [4.78, 5) is 13.4. The average molecular weight is 459 g/mol. The van der Waals surface area contributed by atoms with E-state index in [4.69, 9.17) is 11.6 Å². The Morgan fingerprint density at radius 3 is 2.30 bits per heavy atom. The maximum Gasteiger partial charge on any atom is 0.416 e. The molecule has 2 aromatic carbocycles. The zero-order valence-corrected chi connectivity index (χ0v) is 17.2. The number of halogens is 4. The minimum absolute atomic E-state index is 0.00464. The number of alkyl halides is 3. The van der Waals surface area contributed by atoms with Gasteiger partial charge in [0.1, 0.15) is 0 Å². The van der Waals surface area contributed by atoms with Crippen LogP contribution in [0.3, 0.4) is 0 Å². The summed E-state index contributed by atoms with van der Waals surface area (Å²) >= 11 is 5.90. The summed E-state index contributed by atoms with van der Waals surface area (Å²) in [5, 5.41) is 0.540. The normalized spacial score (nSPS) is 16.2. The topological polar surface area (TPSA) is 57.7 Å². The summed E-state index contributed by atoms with van der Waals surface area (Å²) in [6.45, 7) is 0.262. The van der Waals surface area contributed by atoms with Gasteiger partial charge in [0.15, 0.2) is 0 Å². The molecule has 1 heterocycles. The Balaban J connectivity index is 1.65. The van der Waals surface area contributed by atoms with Crippen LogP contribution < -0.4 is 0 Å². The monoisotopic (exact) mass is 458 g/mol. The van der Waals surface area contributed by atoms with E-state index in [-0.39, 0.29) is 32.1 Å². The number of carbonyl (C=O) groups excluding carboxylic acids is 1. The number of hydrogen-bond acceptors (Lipinski definition) is 3. The molecule has 1 aliphatic rings. The SMILES string of the molecule is O=C(C=Cc1cccc(Cl)c1)N1CCN(S(=O)(=O)c2cccc(C(F)(F)F)c2)CC1. The Bertz CT molecular complexity index is 1060. The van der Waals surface area contributed by atoms with Gasteiger partial charge in [-0.05, 0) is 42.0 Å². The summed E-state index contributed by atoms with van der Waals surface area (Å²) in [7, 11) is -4.09. The van der Waals surface area contributed by atoms with Crippen molar-refractivity contribution in [3.05, 3.63) is 70.8 Å². The lowest BCUT2D eigenvalue weighted by Gasteiger charge is -2.33. The van der Waals surface area contributed by atoms with Gasteiger partial charge >= 0.3 is 6.18 Å². The van der Waals surface area contributed by atoms with Gasteiger partial charge in [-0.3, -0.25) is 4.79 Å². The Kier molecular flexibility index (Phi) is 6.54. The Labute approximate surface area is 177 Å². The molecule has 0 aromatic heterocycles. The fraction of sp³-hybridized carbons (Fsp3) is 0.250. The van der Waals surface area contributed by atoms with E-state index in [0.717, 1.165) is 28.1 Å². The zero-order chi connectivity index (χ0) is 21.9. The largest absolute Gasteiger partial charge is 0.416 e. The van der Waals surface area contributed by atoms with Crippen molar-refractivity contribution in [2.24, 2.45) is 0 Å². The highest BCUT2D eigenvalue weighted by atomic mass is 35.5. The molecule has 10 heteroatoms. The molecule has 0 spiro atoms. The van der Waals surface area contributed by atoms with E-state index >= 15 is 0 Å². The fourth-order valence-electron chi connectivity index (χ4n) is 3.01. The Hall–Kier alpha value is -2.36. The van der Waals surface area contributed by atoms with Gasteiger partial charge in [-0.25, -0.2) is 8.42 Å². The van der Waals surface area contributed by atoms with E-state index in [1.165, 1.54) is 11.0 Å². The first kappa shape index (κ1) is 22.3. The first-order valence-corrected chi connectivity index (χ1v) is 10.8. The minimum atomic E-state index is -4.63. The van der Waals surface area contributed by atoms with Crippen molar-refractivity contribution >= 4 is 33.6 Å². The second kappa shape index (κ2) is 8.79. The molecule has 3 rings (SSSR count). The summed E-state index contributed by atoms with van der Waals surface area (Å²) in [6.07, 6.45) is -1.64. The van der Waals surface area contributed by atoms with E-state index in [2.05, 4.69) is 0 Å². The van der Waals surface area contributed by atoms with Gasteiger partial charge in [0.2, 0.25) is 15.9 Å². The first-order valence-electron chi connectivity index (χ1n) is 8.97. The van der Waals surface area contributed by atoms with E-state index in [1.807, 2.05) is 0 Å². The lowest BCUT2D eigenvalue weighted by atomic mass is 10.2. The van der Waals surface area contributed by atoms with Crippen LogP contribution in [0.15, 0.2) is 59.5 Å². The van der Waals surface area contributed by atoms with Crippen molar-refractivity contribution in [3.8, 4) is 0 Å². The zero-order valence-electron chi connectivity index (χ0n) is 15.6. The molecule has 0 bridgehead atoms. The molecule has 160 valence electrons. The number of amides is 1. The molecule has 5 nitrogen and oxygen atoms in total. The first-order chi connectivity index (χ1) is 14.1. The van der Waals surface area contributed by atoms with Gasteiger partial charge in [0, 0.05) is 37.3 Å². The second-order valence-corrected chi connectivity index (χ2v) is 9.02. The smallest absolute Gasteiger partial charge is 0.337 e. The maximum atomic E-state index is 12.9. The third-order valence-electron chi connectivity index (χ3n) is 4.62. The van der Waals surface area contributed by atoms with Crippen LogP contribution in [0, 0.1) is 0 Å². The predicted molar refractivity (Wildman–Crippen MR) is 107 cm³/mol. The van der Waals surface area contributed by atoms with E-state index in [9.17, 15) is 26.4 Å². The van der Waals surface area contributed by atoms with Crippen LogP contribution in [0.2, 0.25) is 5.02 Å². The summed E-state index contributed by atoms with van der Waals surface area (Å²) in [5.74, 6) is -0.286. The molecule has 30 heavy (non-hydrogen) atoms. The van der Waals surface area contributed by atoms with Crippen molar-refractivity contribution < 1.29 is 26.4 Å². The Morgan fingerprint density at radius 2 is 1.67 bits per heavy atom. The standard InChI is InChI=1S/C20H18ClF3N2O3S/c21-17-5-1-3-15(13-17)7-8-19(27)25-9-11-26(12-10-25)30(28,29)18-6-2-4-16(14-18)20(22,23)24/h1-8,13-14H,9-12H2. The number of piperazine rings is 1. The summed E-state index contributed by atoms with van der Waals surface area (Å²) < 4.78 is 65.2. The number of hydrogen-bond donors (Lipinski definition) is 0. The van der Waals surface area contributed by atoms with Crippen LogP contribution >= 0.6 is 11.6 Å². The van der Waals surface area contributed by atoms with Crippen molar-refractivity contribution in [2.45, 2.75) is 11.1 Å². The Morgan fingerprint density at radius 1 is 1.00 bits per heavy atom. The molecule has 1 amide bonds. The molecular formula is C20H18ClF3N2O3S. The molecule has 1 fully saturated rings. The molecule has 0 unspecified atom stereocenters. The molecule has 0 radical (unpaired) electrons. The van der Waals surface area contributed by atoms with Crippen molar-refractivity contribution in [1.82, 2.24) is 9.21 Å². The number of benzene rings is 2. The van der Waals surface area contributed by atoms with Crippen LogP contribution in [-0.4, -0.2) is 49.7 Å². The minimum Gasteiger partial charge on any atom is -0.337 e. The molecule has 0 atom stereocenters. The van der Waals surface area contributed by atoms with E-state index < -0.39 is 26.7 Å². The third kappa shape index (κ3) is 5.21. The van der Waals surface area contributed by atoms with Gasteiger partial charge in [-0.2, -0.15) is 17.5 Å². The number of sulfonamides is 1. The highest BCUT2D eigenvalue weighted by Gasteiger charge is 2.34. The van der Waals surface area contributed by atoms with Crippen molar-refractivity contribution in [2.75, 3.05) is 26.2 Å². The van der Waals surface area contributed by atoms with Gasteiger partial charge in [0.25, 0.3) is 0 Å². The van der Waals surface area contributed by atoms with Crippen LogP contribution in [0.4, 0.5) is 13.2 Å². The number of nitrogens with zero attached hydrogens (tertiary/aromatic N) is 2. The van der Waals surface area contributed by atoms with E-state index in [1.54, 1.807) is 30.3 Å². The van der Waals surface area contributed by atoms with Crippen molar-refractivity contribution in [3.63, 3.8) is 0 Å². The molecule has 0 saturated carbocycles. The number of carbonyl (C=O) groups is 1. The third-order valence-corrected chi connectivity index (χ3v) is 6.75. The highest BCUT2D eigenvalue weighted by Crippen LogP contribution is 2.31. The average Bonchev–Trinajstić information content (AvgIpc) is 2.71. The van der Waals surface area contributed by atoms with Crippen LogP contribution in [-0.2, 0) is 21.0 Å². The predicted octanol–water partition coefficient (Wildman–Crippen LogP) is 3.91. The molecule has 0 N–H and O–H groups in total. The molecule has 2 aromatic rings. The molecule has 1 saturated heterocycles. The quantitative estimate of drug-likeness (QED) is 0.653. The van der Waals surface area contributed by atoms with E-state index in [0.29, 0.717) is 11.1 Å². The highest BCUT2D eigenvalue weighted by molar-refractivity contribution is 7.89. The number of rotatable bonds is 4. The van der Waals surface area contributed by atoms with Gasteiger partial charge < -0.3 is 4.90 Å². The van der Waals surface area contributed by atoms with Crippen LogP contribution in [0.5, 0.6) is 0 Å². The van der Waals surface area contributed by atoms with Crippen LogP contribution in [0.1, 0.15) is 11.1 Å². The van der Waals surface area contributed by atoms with Gasteiger partial charge in [-0.1, -0.05) is 29.8 Å².